The van der Waals surface area contributed by atoms with Crippen LogP contribution in [-0.2, 0) is 28.6 Å². The van der Waals surface area contributed by atoms with Crippen molar-refractivity contribution in [1.82, 2.24) is 0 Å². The first-order valence-electron chi connectivity index (χ1n) is 22.7. The van der Waals surface area contributed by atoms with Crippen molar-refractivity contribution in [3.8, 4) is 0 Å². The molecule has 0 radical (unpaired) electrons. The second kappa shape index (κ2) is 45.0. The molecule has 322 valence electrons. The average molecular weight is 791 g/mol. The molecule has 0 fully saturated rings. The second-order valence-corrected chi connectivity index (χ2v) is 14.6. The van der Waals surface area contributed by atoms with Gasteiger partial charge in [0.15, 0.2) is 6.10 Å². The fraction of sp³-hybridized carbons (Fsp3) is 0.627. The highest BCUT2D eigenvalue weighted by atomic mass is 16.6. The van der Waals surface area contributed by atoms with Crippen LogP contribution < -0.4 is 0 Å². The molecule has 0 heterocycles. The first-order valence-corrected chi connectivity index (χ1v) is 22.7. The zero-order valence-corrected chi connectivity index (χ0v) is 36.6. The zero-order valence-electron chi connectivity index (χ0n) is 36.6. The van der Waals surface area contributed by atoms with Crippen molar-refractivity contribution in [1.29, 1.82) is 0 Å². The van der Waals surface area contributed by atoms with E-state index in [0.29, 0.717) is 19.3 Å². The Labute approximate surface area is 349 Å². The van der Waals surface area contributed by atoms with Crippen LogP contribution in [0.15, 0.2) is 97.2 Å². The van der Waals surface area contributed by atoms with E-state index in [-0.39, 0.29) is 38.0 Å². The minimum Gasteiger partial charge on any atom is -0.462 e. The van der Waals surface area contributed by atoms with Crippen molar-refractivity contribution in [2.75, 3.05) is 13.2 Å². The van der Waals surface area contributed by atoms with Crippen molar-refractivity contribution < 1.29 is 28.6 Å². The Balaban J connectivity index is 4.59. The Hall–Kier alpha value is -3.67. The lowest BCUT2D eigenvalue weighted by Gasteiger charge is -2.18. The van der Waals surface area contributed by atoms with Crippen molar-refractivity contribution in [2.24, 2.45) is 0 Å². The zero-order chi connectivity index (χ0) is 41.5. The lowest BCUT2D eigenvalue weighted by molar-refractivity contribution is -0.166. The first kappa shape index (κ1) is 53.3. The van der Waals surface area contributed by atoms with E-state index in [9.17, 15) is 14.4 Å². The van der Waals surface area contributed by atoms with E-state index in [1.807, 2.05) is 18.2 Å². The van der Waals surface area contributed by atoms with Crippen molar-refractivity contribution in [3.63, 3.8) is 0 Å². The van der Waals surface area contributed by atoms with Gasteiger partial charge in [-0.2, -0.15) is 0 Å². The number of hydrogen-bond acceptors (Lipinski definition) is 6. The lowest BCUT2D eigenvalue weighted by atomic mass is 10.1. The summed E-state index contributed by atoms with van der Waals surface area (Å²) in [4.78, 5) is 37.6. The Morgan fingerprint density at radius 1 is 0.368 bits per heavy atom. The number of esters is 3. The van der Waals surface area contributed by atoms with E-state index in [0.717, 1.165) is 83.5 Å². The van der Waals surface area contributed by atoms with E-state index in [1.54, 1.807) is 0 Å². The van der Waals surface area contributed by atoms with Gasteiger partial charge >= 0.3 is 17.9 Å². The molecule has 0 rings (SSSR count). The van der Waals surface area contributed by atoms with Gasteiger partial charge in [0, 0.05) is 19.3 Å². The summed E-state index contributed by atoms with van der Waals surface area (Å²) in [5.74, 6) is -1.11. The molecule has 57 heavy (non-hydrogen) atoms. The molecule has 0 saturated heterocycles. The van der Waals surface area contributed by atoms with Crippen LogP contribution in [0.1, 0.15) is 188 Å². The fourth-order valence-corrected chi connectivity index (χ4v) is 5.64. The molecular formula is C51H82O6. The molecule has 1 atom stereocenters. The second-order valence-electron chi connectivity index (χ2n) is 14.6. The molecule has 0 aliphatic heterocycles. The lowest BCUT2D eigenvalue weighted by Crippen LogP contribution is -2.30. The smallest absolute Gasteiger partial charge is 0.306 e. The van der Waals surface area contributed by atoms with E-state index in [1.165, 1.54) is 51.4 Å². The Morgan fingerprint density at radius 2 is 0.737 bits per heavy atom. The summed E-state index contributed by atoms with van der Waals surface area (Å²) < 4.78 is 16.5. The van der Waals surface area contributed by atoms with Crippen LogP contribution >= 0.6 is 0 Å². The summed E-state index contributed by atoms with van der Waals surface area (Å²) in [6.45, 7) is 6.31. The summed E-state index contributed by atoms with van der Waals surface area (Å²) >= 11 is 0. The van der Waals surface area contributed by atoms with Gasteiger partial charge in [0.1, 0.15) is 13.2 Å². The topological polar surface area (TPSA) is 78.9 Å². The monoisotopic (exact) mass is 791 g/mol. The van der Waals surface area contributed by atoms with Crippen LogP contribution in [0.4, 0.5) is 0 Å². The number of carbonyl (C=O) groups excluding carboxylic acids is 3. The normalized spacial score (nSPS) is 13.0. The number of unbranched alkanes of at least 4 members (excludes halogenated alkanes) is 12. The average Bonchev–Trinajstić information content (AvgIpc) is 3.21. The van der Waals surface area contributed by atoms with Gasteiger partial charge in [-0.05, 0) is 89.9 Å². The van der Waals surface area contributed by atoms with Crippen LogP contribution in [0.5, 0.6) is 0 Å². The SMILES string of the molecule is CC/C=C\C/C=C\C/C=C\C/C=C\C/C=C\CCC(=O)OCC(COC(=O)CCCCCC/C=C\CCCC)OC(=O)CC/C=C\C/C=C\CCCCCCCC. The number of carbonyl (C=O) groups is 3. The van der Waals surface area contributed by atoms with Gasteiger partial charge in [-0.3, -0.25) is 14.4 Å². The van der Waals surface area contributed by atoms with Gasteiger partial charge in [-0.25, -0.2) is 0 Å². The van der Waals surface area contributed by atoms with E-state index in [2.05, 4.69) is 99.8 Å². The van der Waals surface area contributed by atoms with Gasteiger partial charge in [0.25, 0.3) is 0 Å². The maximum atomic E-state index is 12.7. The highest BCUT2D eigenvalue weighted by Gasteiger charge is 2.19. The predicted molar refractivity (Wildman–Crippen MR) is 242 cm³/mol. The third-order valence-electron chi connectivity index (χ3n) is 9.07. The van der Waals surface area contributed by atoms with Gasteiger partial charge in [-0.1, -0.05) is 176 Å². The van der Waals surface area contributed by atoms with Crippen LogP contribution in [0.3, 0.4) is 0 Å². The fourth-order valence-electron chi connectivity index (χ4n) is 5.64. The standard InChI is InChI=1S/C51H82O6/c1-4-7-10-13-16-19-22-24-25-26-28-29-32-35-38-41-44-50(53)56-47-48(46-55-49(52)43-40-37-34-31-21-18-15-12-9-6-3)57-51(54)45-42-39-36-33-30-27-23-20-17-14-11-8-5-2/h7,10,15-16,18-19,24-25,27-30,35-36,38-39,48H,4-6,8-9,11-14,17,20-23,26,31-34,37,40-47H2,1-3H3/b10-7-,18-15-,19-16-,25-24-,29-28-,30-27-,38-35-,39-36-. The van der Waals surface area contributed by atoms with Crippen molar-refractivity contribution in [3.05, 3.63) is 97.2 Å². The molecule has 6 nitrogen and oxygen atoms in total. The van der Waals surface area contributed by atoms with Crippen LogP contribution in [0.2, 0.25) is 0 Å². The Kier molecular flexibility index (Phi) is 42.1. The summed E-state index contributed by atoms with van der Waals surface area (Å²) in [6, 6.07) is 0. The summed E-state index contributed by atoms with van der Waals surface area (Å²) in [7, 11) is 0. The first-order chi connectivity index (χ1) is 28.0. The third-order valence-corrected chi connectivity index (χ3v) is 9.07. The highest BCUT2D eigenvalue weighted by Crippen LogP contribution is 2.10. The minimum absolute atomic E-state index is 0.131. The van der Waals surface area contributed by atoms with E-state index in [4.69, 9.17) is 14.2 Å². The van der Waals surface area contributed by atoms with Gasteiger partial charge in [0.2, 0.25) is 0 Å². The highest BCUT2D eigenvalue weighted by molar-refractivity contribution is 5.71. The van der Waals surface area contributed by atoms with E-state index < -0.39 is 12.1 Å². The Morgan fingerprint density at radius 3 is 1.25 bits per heavy atom. The number of allylic oxidation sites excluding steroid dienone is 16. The largest absolute Gasteiger partial charge is 0.462 e. The molecule has 1 unspecified atom stereocenters. The van der Waals surface area contributed by atoms with Crippen LogP contribution in [0, 0.1) is 0 Å². The molecule has 0 amide bonds. The molecule has 6 heteroatoms. The van der Waals surface area contributed by atoms with Crippen molar-refractivity contribution in [2.45, 2.75) is 194 Å². The predicted octanol–water partition coefficient (Wildman–Crippen LogP) is 14.6. The molecule has 0 aromatic carbocycles. The van der Waals surface area contributed by atoms with Gasteiger partial charge in [0.05, 0.1) is 0 Å². The Bertz CT molecular complexity index is 1180. The van der Waals surface area contributed by atoms with Gasteiger partial charge < -0.3 is 14.2 Å². The third kappa shape index (κ3) is 43.3. The van der Waals surface area contributed by atoms with E-state index >= 15 is 0 Å². The maximum absolute atomic E-state index is 12.7. The minimum atomic E-state index is -0.840. The van der Waals surface area contributed by atoms with Crippen LogP contribution in [-0.4, -0.2) is 37.2 Å². The summed E-state index contributed by atoms with van der Waals surface area (Å²) in [5.41, 5.74) is 0. The molecule has 0 aliphatic carbocycles. The van der Waals surface area contributed by atoms with Crippen molar-refractivity contribution >= 4 is 17.9 Å². The van der Waals surface area contributed by atoms with Crippen LogP contribution in [0.25, 0.3) is 0 Å². The molecule has 0 aromatic rings. The summed E-state index contributed by atoms with van der Waals surface area (Å²) in [6.07, 6.45) is 58.5. The number of hydrogen-bond donors (Lipinski definition) is 0. The molecule has 0 saturated carbocycles. The maximum Gasteiger partial charge on any atom is 0.306 e. The molecule has 0 spiro atoms. The number of ether oxygens (including phenoxy) is 3. The molecule has 0 aromatic heterocycles. The molecule has 0 aliphatic rings. The summed E-state index contributed by atoms with van der Waals surface area (Å²) in [5, 5.41) is 0. The number of rotatable bonds is 39. The molecule has 0 N–H and O–H groups in total. The molecule has 0 bridgehead atoms. The quantitative estimate of drug-likeness (QED) is 0.0267. The van der Waals surface area contributed by atoms with Gasteiger partial charge in [-0.15, -0.1) is 0 Å². The molecular weight excluding hydrogens is 709 g/mol.